The van der Waals surface area contributed by atoms with E-state index in [0.717, 1.165) is 19.3 Å². The summed E-state index contributed by atoms with van der Waals surface area (Å²) in [5.41, 5.74) is -0.743. The Labute approximate surface area is 79.5 Å². The Kier molecular flexibility index (Phi) is 7.85. The summed E-state index contributed by atoms with van der Waals surface area (Å²) in [7, 11) is -2.27. The molecule has 0 heterocycles. The summed E-state index contributed by atoms with van der Waals surface area (Å²) in [6, 6.07) is 0. The van der Waals surface area contributed by atoms with Gasteiger partial charge in [-0.2, -0.15) is 4.79 Å². The number of ether oxygens (including phenoxy) is 1. The Bertz CT molecular complexity index is 170. The van der Waals surface area contributed by atoms with Crippen molar-refractivity contribution in [3.63, 3.8) is 0 Å². The summed E-state index contributed by atoms with van der Waals surface area (Å²) in [6.07, 6.45) is 2.89. The van der Waals surface area contributed by atoms with E-state index in [2.05, 4.69) is 11.4 Å². The zero-order chi connectivity index (χ0) is 10.1. The van der Waals surface area contributed by atoms with Crippen LogP contribution in [0, 0.1) is 0 Å². The second-order valence-corrected chi connectivity index (χ2v) is 3.63. The second kappa shape index (κ2) is 8.14. The minimum absolute atomic E-state index is 0.263. The van der Waals surface area contributed by atoms with Crippen LogP contribution in [0.2, 0.25) is 0 Å². The molecule has 0 amide bonds. The molecule has 0 aliphatic heterocycles. The van der Waals surface area contributed by atoms with E-state index in [9.17, 15) is 9.36 Å². The molecule has 0 saturated carbocycles. The van der Waals surface area contributed by atoms with Gasteiger partial charge in [-0.05, 0) is 17.9 Å². The highest BCUT2D eigenvalue weighted by Crippen LogP contribution is 2.24. The lowest BCUT2D eigenvalue weighted by molar-refractivity contribution is 0.165. The predicted molar refractivity (Wildman–Crippen MR) is 50.1 cm³/mol. The Morgan fingerprint density at radius 3 is 2.54 bits per heavy atom. The van der Waals surface area contributed by atoms with Crippen LogP contribution in [0.4, 0.5) is 4.79 Å². The summed E-state index contributed by atoms with van der Waals surface area (Å²) in [6.45, 7) is 4.33. The third-order valence-corrected chi connectivity index (χ3v) is 2.29. The Morgan fingerprint density at radius 2 is 2.00 bits per heavy atom. The van der Waals surface area contributed by atoms with E-state index in [4.69, 9.17) is 4.74 Å². The average Bonchev–Trinajstić information content (AvgIpc) is 2.12. The molecule has 0 N–H and O–H groups in total. The van der Waals surface area contributed by atoms with E-state index in [1.165, 1.54) is 0 Å². The maximum atomic E-state index is 10.9. The van der Waals surface area contributed by atoms with Gasteiger partial charge in [0.25, 0.3) is 0 Å². The Hall–Kier alpha value is -0.470. The largest absolute Gasteiger partial charge is 0.636 e. The van der Waals surface area contributed by atoms with E-state index in [1.54, 1.807) is 6.92 Å². The van der Waals surface area contributed by atoms with Crippen LogP contribution in [-0.4, -0.2) is 18.9 Å². The smallest absolute Gasteiger partial charge is 0.425 e. The molecule has 0 saturated heterocycles. The summed E-state index contributed by atoms with van der Waals surface area (Å²) in [4.78, 5) is 10.9. The molecule has 1 atom stereocenters. The molecule has 0 aliphatic carbocycles. The summed E-state index contributed by atoms with van der Waals surface area (Å²) >= 11 is 0. The molecule has 0 aliphatic rings. The number of hydrogen-bond donors (Lipinski definition) is 0. The van der Waals surface area contributed by atoms with E-state index in [1.807, 2.05) is 0 Å². The van der Waals surface area contributed by atoms with Gasteiger partial charge in [0.05, 0.1) is 6.61 Å². The van der Waals surface area contributed by atoms with Gasteiger partial charge in [-0.1, -0.05) is 19.8 Å². The van der Waals surface area contributed by atoms with Gasteiger partial charge in [-0.3, -0.25) is 0 Å². The maximum absolute atomic E-state index is 10.9. The van der Waals surface area contributed by atoms with Crippen LogP contribution in [0.3, 0.4) is 0 Å². The first-order valence-electron chi connectivity index (χ1n) is 4.49. The number of unbranched alkanes of at least 4 members (excludes halogenated alkanes) is 2. The molecule has 0 fully saturated rings. The minimum atomic E-state index is -2.27. The van der Waals surface area contributed by atoms with Gasteiger partial charge in [0.1, 0.15) is 6.61 Å². The standard InChI is InChI=1S/C8H16O4P/c1-3-5-6-7-11-8(9)13(10)12-4-2/h3-7H2,1-2H3/q+1. The molecule has 0 rings (SSSR count). The van der Waals surface area contributed by atoms with E-state index in [0.29, 0.717) is 6.61 Å². The molecule has 5 heteroatoms. The van der Waals surface area contributed by atoms with Crippen molar-refractivity contribution in [1.29, 1.82) is 0 Å². The van der Waals surface area contributed by atoms with Crippen molar-refractivity contribution in [2.24, 2.45) is 0 Å². The quantitative estimate of drug-likeness (QED) is 0.475. The summed E-state index contributed by atoms with van der Waals surface area (Å²) < 4.78 is 20.2. The SMILES string of the molecule is CCCCCOC(=O)[P+](=O)OCC. The van der Waals surface area contributed by atoms with Crippen molar-refractivity contribution >= 4 is 13.7 Å². The van der Waals surface area contributed by atoms with Gasteiger partial charge in [0.2, 0.25) is 0 Å². The molecule has 76 valence electrons. The van der Waals surface area contributed by atoms with Crippen molar-refractivity contribution in [2.45, 2.75) is 33.1 Å². The molecule has 13 heavy (non-hydrogen) atoms. The lowest BCUT2D eigenvalue weighted by atomic mass is 10.3. The third-order valence-electron chi connectivity index (χ3n) is 1.37. The van der Waals surface area contributed by atoms with Crippen LogP contribution >= 0.6 is 8.03 Å². The van der Waals surface area contributed by atoms with Gasteiger partial charge in [0.15, 0.2) is 0 Å². The van der Waals surface area contributed by atoms with Crippen LogP contribution in [-0.2, 0) is 13.8 Å². The van der Waals surface area contributed by atoms with Gasteiger partial charge < -0.3 is 4.74 Å². The number of rotatable bonds is 7. The molecular weight excluding hydrogens is 191 g/mol. The Morgan fingerprint density at radius 1 is 1.31 bits per heavy atom. The molecular formula is C8H16O4P+. The fourth-order valence-electron chi connectivity index (χ4n) is 0.734. The van der Waals surface area contributed by atoms with E-state index in [-0.39, 0.29) is 6.61 Å². The number of hydrogen-bond acceptors (Lipinski definition) is 4. The highest BCUT2D eigenvalue weighted by molar-refractivity contribution is 7.58. The van der Waals surface area contributed by atoms with E-state index >= 15 is 0 Å². The molecule has 0 aromatic heterocycles. The van der Waals surface area contributed by atoms with Crippen LogP contribution in [0.5, 0.6) is 0 Å². The highest BCUT2D eigenvalue weighted by Gasteiger charge is 2.32. The molecule has 1 unspecified atom stereocenters. The zero-order valence-electron chi connectivity index (χ0n) is 8.12. The number of carbonyl (C=O) groups is 1. The zero-order valence-corrected chi connectivity index (χ0v) is 9.01. The normalized spacial score (nSPS) is 11.1. The number of carbonyl (C=O) groups excluding carboxylic acids is 1. The van der Waals surface area contributed by atoms with Crippen LogP contribution < -0.4 is 0 Å². The average molecular weight is 207 g/mol. The molecule has 0 radical (unpaired) electrons. The van der Waals surface area contributed by atoms with Crippen molar-refractivity contribution in [2.75, 3.05) is 13.2 Å². The topological polar surface area (TPSA) is 52.6 Å². The third kappa shape index (κ3) is 6.67. The van der Waals surface area contributed by atoms with Gasteiger partial charge in [0, 0.05) is 0 Å². The van der Waals surface area contributed by atoms with Crippen molar-refractivity contribution < 1.29 is 18.6 Å². The minimum Gasteiger partial charge on any atom is -0.425 e. The van der Waals surface area contributed by atoms with Gasteiger partial charge in [-0.15, -0.1) is 4.52 Å². The molecule has 0 bridgehead atoms. The van der Waals surface area contributed by atoms with Crippen LogP contribution in [0.1, 0.15) is 33.1 Å². The molecule has 0 aromatic carbocycles. The van der Waals surface area contributed by atoms with Crippen molar-refractivity contribution in [1.82, 2.24) is 0 Å². The van der Waals surface area contributed by atoms with Gasteiger partial charge in [-0.25, -0.2) is 0 Å². The Balaban J connectivity index is 3.44. The first kappa shape index (κ1) is 12.5. The lowest BCUT2D eigenvalue weighted by Crippen LogP contribution is -2.00. The highest BCUT2D eigenvalue weighted by atomic mass is 31.1. The van der Waals surface area contributed by atoms with Crippen molar-refractivity contribution in [3.8, 4) is 0 Å². The molecule has 0 aromatic rings. The fraction of sp³-hybridized carbons (Fsp3) is 0.875. The van der Waals surface area contributed by atoms with Crippen LogP contribution in [0.25, 0.3) is 0 Å². The monoisotopic (exact) mass is 207 g/mol. The maximum Gasteiger partial charge on any atom is 0.636 e. The molecule has 4 nitrogen and oxygen atoms in total. The summed E-state index contributed by atoms with van der Waals surface area (Å²) in [5.74, 6) is 0. The van der Waals surface area contributed by atoms with E-state index < -0.39 is 13.7 Å². The van der Waals surface area contributed by atoms with Crippen LogP contribution in [0.15, 0.2) is 0 Å². The summed E-state index contributed by atoms with van der Waals surface area (Å²) in [5, 5.41) is 0. The molecule has 0 spiro atoms. The predicted octanol–water partition coefficient (Wildman–Crippen LogP) is 3.09. The second-order valence-electron chi connectivity index (χ2n) is 2.50. The van der Waals surface area contributed by atoms with Gasteiger partial charge >= 0.3 is 13.7 Å². The lowest BCUT2D eigenvalue weighted by Gasteiger charge is -1.95. The first-order chi connectivity index (χ1) is 6.22. The fourth-order valence-corrected chi connectivity index (χ4v) is 1.27. The van der Waals surface area contributed by atoms with Crippen molar-refractivity contribution in [3.05, 3.63) is 0 Å². The first-order valence-corrected chi connectivity index (χ1v) is 5.67.